The summed E-state index contributed by atoms with van der Waals surface area (Å²) in [5, 5.41) is 5.13. The number of imide groups is 2. The first-order chi connectivity index (χ1) is 15.5. The Balaban J connectivity index is 1.47. The Bertz CT molecular complexity index is 1020. The van der Waals surface area contributed by atoms with Gasteiger partial charge in [-0.15, -0.1) is 0 Å². The summed E-state index contributed by atoms with van der Waals surface area (Å²) in [5.41, 5.74) is 0.899. The van der Waals surface area contributed by atoms with Gasteiger partial charge in [-0.25, -0.2) is 4.79 Å². The fraction of sp³-hybridized carbons (Fsp3) is 0.542. The van der Waals surface area contributed by atoms with E-state index in [-0.39, 0.29) is 24.8 Å². The number of nitrogens with zero attached hydrogens (tertiary/aromatic N) is 1. The Labute approximate surface area is 192 Å². The molecule has 9 heteroatoms. The lowest BCUT2D eigenvalue weighted by Gasteiger charge is -2.31. The van der Waals surface area contributed by atoms with Gasteiger partial charge in [-0.3, -0.25) is 29.4 Å². The Morgan fingerprint density at radius 1 is 1.03 bits per heavy atom. The summed E-state index contributed by atoms with van der Waals surface area (Å²) in [7, 11) is 0. The lowest BCUT2D eigenvalue weighted by atomic mass is 9.79. The SMILES string of the molecule is CC(C)(C)OC(=O)NC1CCC(c2cccc3c2C(=O)N(C2CCC(=O)NC2=O)C3=O)CC1. The van der Waals surface area contributed by atoms with Crippen LogP contribution in [0.1, 0.15) is 91.5 Å². The molecular weight excluding hydrogens is 426 g/mol. The van der Waals surface area contributed by atoms with Gasteiger partial charge in [-0.2, -0.15) is 0 Å². The van der Waals surface area contributed by atoms with Crippen molar-refractivity contribution in [3.05, 3.63) is 34.9 Å². The smallest absolute Gasteiger partial charge is 0.407 e. The zero-order valence-electron chi connectivity index (χ0n) is 19.1. The second-order valence-electron chi connectivity index (χ2n) is 9.91. The molecule has 1 unspecified atom stereocenters. The van der Waals surface area contributed by atoms with E-state index in [1.54, 1.807) is 12.1 Å². The molecular formula is C24H29N3O6. The van der Waals surface area contributed by atoms with Gasteiger partial charge >= 0.3 is 6.09 Å². The number of ether oxygens (including phenoxy) is 1. The number of nitrogens with one attached hydrogen (secondary N) is 2. The van der Waals surface area contributed by atoms with Gasteiger partial charge in [0.25, 0.3) is 11.8 Å². The highest BCUT2D eigenvalue weighted by Crippen LogP contribution is 2.39. The van der Waals surface area contributed by atoms with Crippen molar-refractivity contribution in [2.75, 3.05) is 0 Å². The van der Waals surface area contributed by atoms with Gasteiger partial charge in [0.2, 0.25) is 11.8 Å². The topological polar surface area (TPSA) is 122 Å². The molecule has 33 heavy (non-hydrogen) atoms. The number of alkyl carbamates (subject to hydrolysis) is 1. The number of piperidine rings is 1. The van der Waals surface area contributed by atoms with E-state index in [0.717, 1.165) is 36.1 Å². The molecule has 1 aliphatic carbocycles. The molecule has 0 aromatic heterocycles. The number of benzene rings is 1. The van der Waals surface area contributed by atoms with E-state index in [0.29, 0.717) is 11.1 Å². The van der Waals surface area contributed by atoms with Crippen LogP contribution in [0.4, 0.5) is 4.79 Å². The maximum atomic E-state index is 13.3. The highest BCUT2D eigenvalue weighted by atomic mass is 16.6. The molecule has 1 saturated carbocycles. The van der Waals surface area contributed by atoms with Crippen LogP contribution >= 0.6 is 0 Å². The Morgan fingerprint density at radius 2 is 1.73 bits per heavy atom. The second kappa shape index (κ2) is 8.61. The minimum atomic E-state index is -0.975. The van der Waals surface area contributed by atoms with Crippen molar-refractivity contribution >= 4 is 29.7 Å². The monoisotopic (exact) mass is 455 g/mol. The van der Waals surface area contributed by atoms with Crippen LogP contribution in [0.5, 0.6) is 0 Å². The summed E-state index contributed by atoms with van der Waals surface area (Å²) in [5.74, 6) is -1.92. The summed E-state index contributed by atoms with van der Waals surface area (Å²) in [6, 6.07) is 4.25. The largest absolute Gasteiger partial charge is 0.444 e. The molecule has 0 radical (unpaired) electrons. The standard InChI is InChI=1S/C24H29N3O6/c1-24(2,3)33-23(32)25-14-9-7-13(8-10-14)15-5-4-6-16-19(15)22(31)27(21(16)30)17-11-12-18(28)26-20(17)29/h4-6,13-14,17H,7-12H2,1-3H3,(H,25,32)(H,26,28,29). The Morgan fingerprint density at radius 3 is 2.36 bits per heavy atom. The van der Waals surface area contributed by atoms with Gasteiger partial charge in [-0.05, 0) is 70.4 Å². The highest BCUT2D eigenvalue weighted by Gasteiger charge is 2.46. The van der Waals surface area contributed by atoms with E-state index in [1.165, 1.54) is 0 Å². The number of carbonyl (C=O) groups is 5. The molecule has 5 amide bonds. The lowest BCUT2D eigenvalue weighted by Crippen LogP contribution is -2.54. The molecule has 1 atom stereocenters. The van der Waals surface area contributed by atoms with Gasteiger partial charge < -0.3 is 10.1 Å². The molecule has 3 aliphatic rings. The predicted octanol–water partition coefficient (Wildman–Crippen LogP) is 2.64. The molecule has 2 aliphatic heterocycles. The minimum Gasteiger partial charge on any atom is -0.444 e. The van der Waals surface area contributed by atoms with Gasteiger partial charge in [0, 0.05) is 12.5 Å². The second-order valence-corrected chi connectivity index (χ2v) is 9.91. The summed E-state index contributed by atoms with van der Waals surface area (Å²) in [4.78, 5) is 63.2. The van der Waals surface area contributed by atoms with E-state index < -0.39 is 41.4 Å². The maximum absolute atomic E-state index is 13.3. The van der Waals surface area contributed by atoms with Crippen molar-refractivity contribution in [3.63, 3.8) is 0 Å². The average Bonchev–Trinajstić information content (AvgIpc) is 2.98. The molecule has 9 nitrogen and oxygen atoms in total. The number of hydrogen-bond acceptors (Lipinski definition) is 6. The predicted molar refractivity (Wildman–Crippen MR) is 117 cm³/mol. The summed E-state index contributed by atoms with van der Waals surface area (Å²) in [6.45, 7) is 5.45. The van der Waals surface area contributed by atoms with E-state index in [4.69, 9.17) is 4.74 Å². The van der Waals surface area contributed by atoms with Crippen molar-refractivity contribution in [1.82, 2.24) is 15.5 Å². The van der Waals surface area contributed by atoms with Crippen LogP contribution < -0.4 is 10.6 Å². The van der Waals surface area contributed by atoms with Crippen molar-refractivity contribution in [2.24, 2.45) is 0 Å². The third-order valence-corrected chi connectivity index (χ3v) is 6.39. The molecule has 0 spiro atoms. The van der Waals surface area contributed by atoms with Gasteiger partial charge in [0.1, 0.15) is 11.6 Å². The van der Waals surface area contributed by atoms with E-state index in [2.05, 4.69) is 10.6 Å². The number of rotatable bonds is 3. The maximum Gasteiger partial charge on any atom is 0.407 e. The Hall–Kier alpha value is -3.23. The number of hydrogen-bond donors (Lipinski definition) is 2. The first-order valence-electron chi connectivity index (χ1n) is 11.4. The van der Waals surface area contributed by atoms with Crippen molar-refractivity contribution < 1.29 is 28.7 Å². The summed E-state index contributed by atoms with van der Waals surface area (Å²) >= 11 is 0. The molecule has 1 saturated heterocycles. The molecule has 2 N–H and O–H groups in total. The van der Waals surface area contributed by atoms with Crippen LogP contribution in [-0.2, 0) is 14.3 Å². The summed E-state index contributed by atoms with van der Waals surface area (Å²) in [6.07, 6.45) is 2.73. The van der Waals surface area contributed by atoms with Crippen LogP contribution in [0.25, 0.3) is 0 Å². The molecule has 2 fully saturated rings. The van der Waals surface area contributed by atoms with Gasteiger partial charge in [0.15, 0.2) is 0 Å². The first-order valence-corrected chi connectivity index (χ1v) is 11.4. The van der Waals surface area contributed by atoms with Crippen LogP contribution in [0.15, 0.2) is 18.2 Å². The minimum absolute atomic E-state index is 0.00911. The first kappa shape index (κ1) is 22.9. The number of carbonyl (C=O) groups excluding carboxylic acids is 5. The molecule has 0 bridgehead atoms. The van der Waals surface area contributed by atoms with Crippen molar-refractivity contribution in [2.45, 2.75) is 82.9 Å². The lowest BCUT2D eigenvalue weighted by molar-refractivity contribution is -0.136. The summed E-state index contributed by atoms with van der Waals surface area (Å²) < 4.78 is 5.33. The molecule has 176 valence electrons. The molecule has 1 aromatic carbocycles. The fourth-order valence-electron chi connectivity index (χ4n) is 4.90. The number of amides is 5. The highest BCUT2D eigenvalue weighted by molar-refractivity contribution is 6.24. The van der Waals surface area contributed by atoms with Gasteiger partial charge in [-0.1, -0.05) is 12.1 Å². The van der Waals surface area contributed by atoms with E-state index in [1.807, 2.05) is 26.8 Å². The van der Waals surface area contributed by atoms with Crippen molar-refractivity contribution in [3.8, 4) is 0 Å². The normalized spacial score (nSPS) is 25.5. The van der Waals surface area contributed by atoms with Crippen LogP contribution in [0.2, 0.25) is 0 Å². The zero-order valence-corrected chi connectivity index (χ0v) is 19.1. The van der Waals surface area contributed by atoms with Crippen LogP contribution in [0.3, 0.4) is 0 Å². The fourth-order valence-corrected chi connectivity index (χ4v) is 4.90. The third kappa shape index (κ3) is 4.62. The number of fused-ring (bicyclic) bond motifs is 1. The third-order valence-electron chi connectivity index (χ3n) is 6.39. The van der Waals surface area contributed by atoms with Crippen LogP contribution in [-0.4, -0.2) is 52.3 Å². The molecule has 4 rings (SSSR count). The van der Waals surface area contributed by atoms with E-state index >= 15 is 0 Å². The molecule has 2 heterocycles. The van der Waals surface area contributed by atoms with Crippen molar-refractivity contribution in [1.29, 1.82) is 0 Å². The molecule has 1 aromatic rings. The van der Waals surface area contributed by atoms with Crippen LogP contribution in [0, 0.1) is 0 Å². The quantitative estimate of drug-likeness (QED) is 0.676. The average molecular weight is 456 g/mol. The van der Waals surface area contributed by atoms with E-state index in [9.17, 15) is 24.0 Å². The Kier molecular flexibility index (Phi) is 5.99. The zero-order chi connectivity index (χ0) is 23.9. The van der Waals surface area contributed by atoms with Gasteiger partial charge in [0.05, 0.1) is 11.1 Å².